The Morgan fingerprint density at radius 1 is 1.24 bits per heavy atom. The normalized spacial score (nSPS) is 13.9. The fourth-order valence-corrected chi connectivity index (χ4v) is 3.16. The minimum atomic E-state index is -0.327. The number of carbonyl (C=O) groups excluding carboxylic acids is 1. The Bertz CT molecular complexity index is 1110. The number of hydrogen-bond acceptors (Lipinski definition) is 3. The van der Waals surface area contributed by atoms with Gasteiger partial charge in [0.1, 0.15) is 29.8 Å². The molecule has 6 heteroatoms. The average molecular weight is 389 g/mol. The first kappa shape index (κ1) is 18.8. The van der Waals surface area contributed by atoms with Gasteiger partial charge in [-0.25, -0.2) is 4.39 Å². The first-order valence-electron chi connectivity index (χ1n) is 9.53. The lowest BCUT2D eigenvalue weighted by atomic mass is 10.1. The van der Waals surface area contributed by atoms with Gasteiger partial charge >= 0.3 is 0 Å². The van der Waals surface area contributed by atoms with Gasteiger partial charge in [0.05, 0.1) is 6.54 Å². The summed E-state index contributed by atoms with van der Waals surface area (Å²) >= 11 is 0. The first-order valence-corrected chi connectivity index (χ1v) is 9.53. The van der Waals surface area contributed by atoms with Crippen LogP contribution >= 0.6 is 0 Å². The van der Waals surface area contributed by atoms with Crippen molar-refractivity contribution in [2.24, 2.45) is 0 Å². The van der Waals surface area contributed by atoms with Crippen LogP contribution in [0.25, 0.3) is 17.0 Å². The third kappa shape index (κ3) is 4.46. The van der Waals surface area contributed by atoms with Gasteiger partial charge in [-0.05, 0) is 49.2 Å². The van der Waals surface area contributed by atoms with Crippen molar-refractivity contribution >= 4 is 22.9 Å². The van der Waals surface area contributed by atoms with Gasteiger partial charge in [-0.2, -0.15) is 5.26 Å². The van der Waals surface area contributed by atoms with Crippen LogP contribution in [0.15, 0.2) is 60.3 Å². The quantitative estimate of drug-likeness (QED) is 0.490. The zero-order valence-corrected chi connectivity index (χ0v) is 15.8. The summed E-state index contributed by atoms with van der Waals surface area (Å²) in [6, 6.07) is 15.9. The highest BCUT2D eigenvalue weighted by Gasteiger charge is 2.24. The number of ether oxygens (including phenoxy) is 1. The van der Waals surface area contributed by atoms with Crippen molar-refractivity contribution in [2.75, 3.05) is 6.61 Å². The summed E-state index contributed by atoms with van der Waals surface area (Å²) in [5, 5.41) is 13.2. The Hall–Kier alpha value is -3.59. The molecule has 1 amide bonds. The van der Waals surface area contributed by atoms with Crippen LogP contribution in [-0.4, -0.2) is 23.1 Å². The number of nitrogens with zero attached hydrogens (tertiary/aromatic N) is 2. The second-order valence-corrected chi connectivity index (χ2v) is 7.01. The van der Waals surface area contributed by atoms with Crippen LogP contribution in [0.5, 0.6) is 5.75 Å². The maximum absolute atomic E-state index is 13.0. The summed E-state index contributed by atoms with van der Waals surface area (Å²) in [7, 11) is 0. The molecule has 0 bridgehead atoms. The Kier molecular flexibility index (Phi) is 5.30. The van der Waals surface area contributed by atoms with Crippen LogP contribution < -0.4 is 10.1 Å². The molecule has 1 heterocycles. The van der Waals surface area contributed by atoms with Crippen molar-refractivity contribution in [3.05, 3.63) is 71.7 Å². The molecule has 1 aliphatic carbocycles. The highest BCUT2D eigenvalue weighted by molar-refractivity contribution is 6.04. The van der Waals surface area contributed by atoms with Crippen LogP contribution in [0.1, 0.15) is 18.4 Å². The number of amides is 1. The van der Waals surface area contributed by atoms with Crippen molar-refractivity contribution in [1.29, 1.82) is 5.26 Å². The van der Waals surface area contributed by atoms with E-state index in [9.17, 15) is 14.4 Å². The Balaban J connectivity index is 1.54. The van der Waals surface area contributed by atoms with Crippen LogP contribution in [-0.2, 0) is 11.3 Å². The number of halogens is 1. The smallest absolute Gasteiger partial charge is 0.262 e. The molecular weight excluding hydrogens is 369 g/mol. The van der Waals surface area contributed by atoms with Crippen LogP contribution in [0.3, 0.4) is 0 Å². The summed E-state index contributed by atoms with van der Waals surface area (Å²) in [6.07, 6.45) is 5.49. The van der Waals surface area contributed by atoms with E-state index in [1.54, 1.807) is 18.2 Å². The van der Waals surface area contributed by atoms with Gasteiger partial charge in [-0.1, -0.05) is 18.2 Å². The summed E-state index contributed by atoms with van der Waals surface area (Å²) in [6.45, 7) is 0.975. The number of hydrogen-bond donors (Lipinski definition) is 1. The van der Waals surface area contributed by atoms with Gasteiger partial charge in [0.25, 0.3) is 5.91 Å². The zero-order chi connectivity index (χ0) is 20.2. The Morgan fingerprint density at radius 3 is 2.72 bits per heavy atom. The standard InChI is InChI=1S/C23H20FN3O2/c24-18-5-9-20(10-6-18)29-12-11-27-15-17(21-3-1-2-4-22(21)27)13-16(14-25)23(28)26-19-7-8-19/h1-6,9-10,13,15,19H,7-8,11-12H2,(H,26,28)/b16-13+. The number of nitrogens with one attached hydrogen (secondary N) is 1. The number of benzene rings is 2. The van der Waals surface area contributed by atoms with E-state index in [1.165, 1.54) is 12.1 Å². The van der Waals surface area contributed by atoms with E-state index in [0.717, 1.165) is 29.3 Å². The topological polar surface area (TPSA) is 67.0 Å². The molecule has 0 saturated heterocycles. The van der Waals surface area contributed by atoms with Crippen LogP contribution in [0, 0.1) is 17.1 Å². The fraction of sp³-hybridized carbons (Fsp3) is 0.217. The average Bonchev–Trinajstić information content (AvgIpc) is 3.48. The minimum absolute atomic E-state index is 0.0994. The third-order valence-corrected chi connectivity index (χ3v) is 4.81. The largest absolute Gasteiger partial charge is 0.492 e. The SMILES string of the molecule is N#C/C(=C\c1cn(CCOc2ccc(F)cc2)c2ccccc12)C(=O)NC1CC1. The second-order valence-electron chi connectivity index (χ2n) is 7.01. The molecule has 2 aromatic carbocycles. The van der Waals surface area contributed by atoms with E-state index >= 15 is 0 Å². The summed E-state index contributed by atoms with van der Waals surface area (Å²) in [4.78, 5) is 12.3. The van der Waals surface area contributed by atoms with Gasteiger partial charge in [0.2, 0.25) is 0 Å². The summed E-state index contributed by atoms with van der Waals surface area (Å²) in [5.74, 6) is -0.0258. The Morgan fingerprint density at radius 2 is 2.00 bits per heavy atom. The maximum atomic E-state index is 13.0. The monoisotopic (exact) mass is 389 g/mol. The van der Waals surface area contributed by atoms with Crippen LogP contribution in [0.4, 0.5) is 4.39 Å². The predicted octanol–water partition coefficient (Wildman–Crippen LogP) is 4.04. The molecule has 0 spiro atoms. The van der Waals surface area contributed by atoms with Gasteiger partial charge in [-0.3, -0.25) is 4.79 Å². The van der Waals surface area contributed by atoms with E-state index in [-0.39, 0.29) is 23.3 Å². The highest BCUT2D eigenvalue weighted by Crippen LogP contribution is 2.24. The van der Waals surface area contributed by atoms with Crippen LogP contribution in [0.2, 0.25) is 0 Å². The molecule has 4 rings (SSSR count). The molecule has 0 unspecified atom stereocenters. The lowest BCUT2D eigenvalue weighted by Crippen LogP contribution is -2.26. The maximum Gasteiger partial charge on any atom is 0.262 e. The molecule has 0 radical (unpaired) electrons. The summed E-state index contributed by atoms with van der Waals surface area (Å²) < 4.78 is 20.7. The summed E-state index contributed by atoms with van der Waals surface area (Å²) in [5.41, 5.74) is 1.90. The van der Waals surface area contributed by atoms with E-state index < -0.39 is 0 Å². The number of nitriles is 1. The van der Waals surface area contributed by atoms with Crippen molar-refractivity contribution in [1.82, 2.24) is 9.88 Å². The minimum Gasteiger partial charge on any atom is -0.492 e. The number of rotatable bonds is 7. The molecule has 1 N–H and O–H groups in total. The molecule has 3 aromatic rings. The highest BCUT2D eigenvalue weighted by atomic mass is 19.1. The van der Waals surface area contributed by atoms with E-state index in [2.05, 4.69) is 5.32 Å². The molecule has 5 nitrogen and oxygen atoms in total. The molecule has 146 valence electrons. The molecule has 1 aromatic heterocycles. The van der Waals surface area contributed by atoms with Crippen molar-refractivity contribution < 1.29 is 13.9 Å². The van der Waals surface area contributed by atoms with Crippen molar-refractivity contribution in [2.45, 2.75) is 25.4 Å². The fourth-order valence-electron chi connectivity index (χ4n) is 3.16. The number of fused-ring (bicyclic) bond motifs is 1. The van der Waals surface area contributed by atoms with Gasteiger partial charge < -0.3 is 14.6 Å². The molecule has 1 fully saturated rings. The molecular formula is C23H20FN3O2. The van der Waals surface area contributed by atoms with E-state index in [1.807, 2.05) is 41.1 Å². The number of para-hydroxylation sites is 1. The van der Waals surface area contributed by atoms with Crippen molar-refractivity contribution in [3.8, 4) is 11.8 Å². The zero-order valence-electron chi connectivity index (χ0n) is 15.8. The molecule has 0 atom stereocenters. The number of aromatic nitrogens is 1. The molecule has 0 aliphatic heterocycles. The van der Waals surface area contributed by atoms with E-state index in [0.29, 0.717) is 18.9 Å². The van der Waals surface area contributed by atoms with Gasteiger partial charge in [0, 0.05) is 28.7 Å². The number of carbonyl (C=O) groups is 1. The lowest BCUT2D eigenvalue weighted by Gasteiger charge is -2.08. The lowest BCUT2D eigenvalue weighted by molar-refractivity contribution is -0.117. The van der Waals surface area contributed by atoms with Gasteiger partial charge in [0.15, 0.2) is 0 Å². The second kappa shape index (κ2) is 8.19. The third-order valence-electron chi connectivity index (χ3n) is 4.81. The molecule has 29 heavy (non-hydrogen) atoms. The molecule has 1 aliphatic rings. The Labute approximate surface area is 168 Å². The van der Waals surface area contributed by atoms with Gasteiger partial charge in [-0.15, -0.1) is 0 Å². The predicted molar refractivity (Wildman–Crippen MR) is 109 cm³/mol. The van der Waals surface area contributed by atoms with Crippen molar-refractivity contribution in [3.63, 3.8) is 0 Å². The first-order chi connectivity index (χ1) is 14.1. The van der Waals surface area contributed by atoms with E-state index in [4.69, 9.17) is 4.74 Å². The molecule has 1 saturated carbocycles.